The lowest BCUT2D eigenvalue weighted by Crippen LogP contribution is -2.36. The number of morpholine rings is 1. The highest BCUT2D eigenvalue weighted by Crippen LogP contribution is 2.18. The van der Waals surface area contributed by atoms with Crippen LogP contribution in [0.3, 0.4) is 0 Å². The number of halogens is 1. The van der Waals surface area contributed by atoms with E-state index in [-0.39, 0.29) is 24.0 Å². The minimum absolute atomic E-state index is 0. The van der Waals surface area contributed by atoms with Crippen LogP contribution in [-0.2, 0) is 11.3 Å². The Hall–Kier alpha value is -1.09. The van der Waals surface area contributed by atoms with Crippen LogP contribution in [0.4, 0.5) is 5.82 Å². The summed E-state index contributed by atoms with van der Waals surface area (Å²) in [5, 5.41) is 3.19. The summed E-state index contributed by atoms with van der Waals surface area (Å²) in [5.74, 6) is 1.53. The number of guanidine groups is 1. The first kappa shape index (κ1) is 16.3. The van der Waals surface area contributed by atoms with Crippen molar-refractivity contribution < 1.29 is 4.74 Å². The summed E-state index contributed by atoms with van der Waals surface area (Å²) in [6.07, 6.45) is 4.24. The van der Waals surface area contributed by atoms with Crippen LogP contribution in [0.5, 0.6) is 0 Å². The molecule has 1 aromatic rings. The first-order valence-corrected chi connectivity index (χ1v) is 7.15. The molecule has 0 atom stereocenters. The van der Waals surface area contributed by atoms with E-state index in [2.05, 4.69) is 26.3 Å². The highest BCUT2D eigenvalue weighted by atomic mass is 127. The molecule has 7 heteroatoms. The summed E-state index contributed by atoms with van der Waals surface area (Å²) in [4.78, 5) is 11.0. The lowest BCUT2D eigenvalue weighted by atomic mass is 10.2. The second kappa shape index (κ2) is 7.79. The van der Waals surface area contributed by atoms with E-state index in [1.165, 1.54) is 12.8 Å². The number of aliphatic imine (C=N–C) groups is 1. The van der Waals surface area contributed by atoms with Crippen LogP contribution in [-0.4, -0.2) is 43.3 Å². The minimum atomic E-state index is 0. The molecule has 0 unspecified atom stereocenters. The number of anilines is 1. The number of nitrogens with one attached hydrogen (secondary N) is 1. The molecule has 0 amide bonds. The van der Waals surface area contributed by atoms with Gasteiger partial charge in [0, 0.05) is 25.3 Å². The summed E-state index contributed by atoms with van der Waals surface area (Å²) in [6.45, 7) is 3.91. The third-order valence-electron chi connectivity index (χ3n) is 3.51. The molecule has 3 N–H and O–H groups in total. The first-order valence-electron chi connectivity index (χ1n) is 7.15. The molecule has 0 aromatic carbocycles. The maximum atomic E-state index is 5.84. The van der Waals surface area contributed by atoms with E-state index in [1.807, 2.05) is 12.3 Å². The Labute approximate surface area is 142 Å². The Morgan fingerprint density at radius 2 is 2.19 bits per heavy atom. The van der Waals surface area contributed by atoms with E-state index >= 15 is 0 Å². The van der Waals surface area contributed by atoms with Crippen molar-refractivity contribution >= 4 is 35.8 Å². The van der Waals surface area contributed by atoms with Crippen LogP contribution in [0.15, 0.2) is 23.3 Å². The van der Waals surface area contributed by atoms with Gasteiger partial charge in [0.1, 0.15) is 5.82 Å². The SMILES string of the molecule is I.NC(=NCc1ccnc(N2CCOCC2)c1)NC1CC1. The predicted octanol–water partition coefficient (Wildman–Crippen LogP) is 1.10. The molecule has 1 aliphatic heterocycles. The van der Waals surface area contributed by atoms with Crippen molar-refractivity contribution in [1.29, 1.82) is 0 Å². The number of hydrogen-bond acceptors (Lipinski definition) is 4. The molecule has 1 saturated heterocycles. The van der Waals surface area contributed by atoms with Crippen molar-refractivity contribution in [1.82, 2.24) is 10.3 Å². The number of hydrogen-bond donors (Lipinski definition) is 2. The quantitative estimate of drug-likeness (QED) is 0.448. The maximum absolute atomic E-state index is 5.84. The number of nitrogens with two attached hydrogens (primary N) is 1. The van der Waals surface area contributed by atoms with Crippen LogP contribution in [0, 0.1) is 0 Å². The second-order valence-corrected chi connectivity index (χ2v) is 5.24. The Balaban J connectivity index is 0.00000161. The lowest BCUT2D eigenvalue weighted by Gasteiger charge is -2.27. The molecule has 116 valence electrons. The summed E-state index contributed by atoms with van der Waals surface area (Å²) < 4.78 is 5.36. The van der Waals surface area contributed by atoms with Crippen molar-refractivity contribution in [3.05, 3.63) is 23.9 Å². The lowest BCUT2D eigenvalue weighted by molar-refractivity contribution is 0.122. The van der Waals surface area contributed by atoms with E-state index in [1.54, 1.807) is 0 Å². The maximum Gasteiger partial charge on any atom is 0.189 e. The second-order valence-electron chi connectivity index (χ2n) is 5.24. The molecule has 1 saturated carbocycles. The normalized spacial score (nSPS) is 19.0. The largest absolute Gasteiger partial charge is 0.378 e. The third kappa shape index (κ3) is 4.99. The van der Waals surface area contributed by atoms with Gasteiger partial charge in [-0.25, -0.2) is 9.98 Å². The fraction of sp³-hybridized carbons (Fsp3) is 0.571. The van der Waals surface area contributed by atoms with Crippen molar-refractivity contribution in [3.63, 3.8) is 0 Å². The van der Waals surface area contributed by atoms with Crippen LogP contribution < -0.4 is 16.0 Å². The Kier molecular flexibility index (Phi) is 6.04. The molecule has 2 heterocycles. The van der Waals surface area contributed by atoms with Gasteiger partial charge in [-0.3, -0.25) is 0 Å². The molecule has 0 radical (unpaired) electrons. The Bertz CT molecular complexity index is 486. The van der Waals surface area contributed by atoms with E-state index in [9.17, 15) is 0 Å². The van der Waals surface area contributed by atoms with E-state index in [0.717, 1.165) is 37.7 Å². The van der Waals surface area contributed by atoms with Gasteiger partial charge in [-0.2, -0.15) is 0 Å². The fourth-order valence-electron chi connectivity index (χ4n) is 2.18. The number of pyridine rings is 1. The van der Waals surface area contributed by atoms with Gasteiger partial charge in [-0.15, -0.1) is 24.0 Å². The van der Waals surface area contributed by atoms with E-state index in [4.69, 9.17) is 10.5 Å². The molecule has 2 aliphatic rings. The predicted molar refractivity (Wildman–Crippen MR) is 94.2 cm³/mol. The molecule has 3 rings (SSSR count). The Morgan fingerprint density at radius 3 is 2.90 bits per heavy atom. The highest BCUT2D eigenvalue weighted by Gasteiger charge is 2.21. The fourth-order valence-corrected chi connectivity index (χ4v) is 2.18. The standard InChI is InChI=1S/C14H21N5O.HI/c15-14(18-12-1-2-12)17-10-11-3-4-16-13(9-11)19-5-7-20-8-6-19;/h3-4,9,12H,1-2,5-8,10H2,(H3,15,17,18);1H. The molecule has 2 fully saturated rings. The van der Waals surface area contributed by atoms with Crippen molar-refractivity contribution in [2.75, 3.05) is 31.2 Å². The smallest absolute Gasteiger partial charge is 0.189 e. The van der Waals surface area contributed by atoms with Crippen molar-refractivity contribution in [2.24, 2.45) is 10.7 Å². The summed E-state index contributed by atoms with van der Waals surface area (Å²) in [6, 6.07) is 4.61. The molecule has 1 aliphatic carbocycles. The molecule has 1 aromatic heterocycles. The van der Waals surface area contributed by atoms with Gasteiger partial charge in [0.15, 0.2) is 5.96 Å². The van der Waals surface area contributed by atoms with Gasteiger partial charge in [-0.1, -0.05) is 0 Å². The monoisotopic (exact) mass is 403 g/mol. The summed E-state index contributed by atoms with van der Waals surface area (Å²) in [5.41, 5.74) is 6.97. The highest BCUT2D eigenvalue weighted by molar-refractivity contribution is 14.0. The zero-order valence-electron chi connectivity index (χ0n) is 12.0. The number of ether oxygens (including phenoxy) is 1. The molecular formula is C14H22IN5O. The van der Waals surface area contributed by atoms with Crippen molar-refractivity contribution in [2.45, 2.75) is 25.4 Å². The number of nitrogens with zero attached hydrogens (tertiary/aromatic N) is 3. The zero-order valence-corrected chi connectivity index (χ0v) is 14.3. The molecule has 6 nitrogen and oxygen atoms in total. The van der Waals surface area contributed by atoms with E-state index < -0.39 is 0 Å². The van der Waals surface area contributed by atoms with Gasteiger partial charge in [0.05, 0.1) is 19.8 Å². The summed E-state index contributed by atoms with van der Waals surface area (Å²) >= 11 is 0. The van der Waals surface area contributed by atoms with Gasteiger partial charge in [0.2, 0.25) is 0 Å². The minimum Gasteiger partial charge on any atom is -0.378 e. The topological polar surface area (TPSA) is 75.8 Å². The van der Waals surface area contributed by atoms with Crippen LogP contribution in [0.1, 0.15) is 18.4 Å². The van der Waals surface area contributed by atoms with Crippen LogP contribution in [0.25, 0.3) is 0 Å². The molecular weight excluding hydrogens is 381 g/mol. The van der Waals surface area contributed by atoms with Gasteiger partial charge in [0.25, 0.3) is 0 Å². The average molecular weight is 403 g/mol. The van der Waals surface area contributed by atoms with E-state index in [0.29, 0.717) is 18.5 Å². The third-order valence-corrected chi connectivity index (χ3v) is 3.51. The van der Waals surface area contributed by atoms with Gasteiger partial charge in [-0.05, 0) is 30.5 Å². The summed E-state index contributed by atoms with van der Waals surface area (Å²) in [7, 11) is 0. The van der Waals surface area contributed by atoms with Crippen molar-refractivity contribution in [3.8, 4) is 0 Å². The Morgan fingerprint density at radius 1 is 1.43 bits per heavy atom. The van der Waals surface area contributed by atoms with Gasteiger partial charge < -0.3 is 20.7 Å². The van der Waals surface area contributed by atoms with Gasteiger partial charge >= 0.3 is 0 Å². The average Bonchev–Trinajstić information content (AvgIpc) is 3.30. The molecule has 21 heavy (non-hydrogen) atoms. The zero-order chi connectivity index (χ0) is 13.8. The molecule has 0 bridgehead atoms. The molecule has 0 spiro atoms. The first-order chi connectivity index (χ1) is 9.81. The van der Waals surface area contributed by atoms with Crippen LogP contribution in [0.2, 0.25) is 0 Å². The van der Waals surface area contributed by atoms with Crippen LogP contribution >= 0.6 is 24.0 Å². The number of rotatable bonds is 4. The number of aromatic nitrogens is 1.